The number of hydrogen-bond donors (Lipinski definition) is 2. The summed E-state index contributed by atoms with van der Waals surface area (Å²) in [6.07, 6.45) is 11.1. The number of aromatic amines is 2. The van der Waals surface area contributed by atoms with Crippen LogP contribution in [-0.2, 0) is 0 Å². The molecule has 1 fully saturated rings. The van der Waals surface area contributed by atoms with Gasteiger partial charge in [0.25, 0.3) is 0 Å². The predicted octanol–water partition coefficient (Wildman–Crippen LogP) is 4.01. The molecule has 0 spiro atoms. The number of anilines is 2. The normalized spacial score (nSPS) is 14.3. The van der Waals surface area contributed by atoms with Gasteiger partial charge in [-0.05, 0) is 37.5 Å². The molecule has 6 heterocycles. The third-order valence-electron chi connectivity index (χ3n) is 6.25. The molecule has 2 N–H and O–H groups in total. The Morgan fingerprint density at radius 3 is 2.67 bits per heavy atom. The molecule has 1 aliphatic rings. The van der Waals surface area contributed by atoms with Crippen molar-refractivity contribution in [3.05, 3.63) is 43.0 Å². The van der Waals surface area contributed by atoms with Gasteiger partial charge < -0.3 is 14.8 Å². The highest BCUT2D eigenvalue weighted by Crippen LogP contribution is 2.32. The lowest BCUT2D eigenvalue weighted by molar-refractivity contribution is 0.574. The smallest absolute Gasteiger partial charge is 0.159 e. The van der Waals surface area contributed by atoms with E-state index in [2.05, 4.69) is 47.2 Å². The van der Waals surface area contributed by atoms with E-state index in [0.717, 1.165) is 63.5 Å². The number of nitrogens with zero attached hydrogens (tertiary/aromatic N) is 7. The van der Waals surface area contributed by atoms with E-state index in [4.69, 9.17) is 4.98 Å². The van der Waals surface area contributed by atoms with Gasteiger partial charge >= 0.3 is 0 Å². The number of imidazole rings is 1. The fourth-order valence-electron chi connectivity index (χ4n) is 4.44. The van der Waals surface area contributed by atoms with Gasteiger partial charge in [-0.15, -0.1) is 0 Å². The maximum Gasteiger partial charge on any atom is 0.159 e. The number of aromatic nitrogens is 7. The van der Waals surface area contributed by atoms with Gasteiger partial charge in [-0.3, -0.25) is 10.1 Å². The van der Waals surface area contributed by atoms with Crippen molar-refractivity contribution in [2.24, 2.45) is 0 Å². The minimum atomic E-state index is 0.710. The van der Waals surface area contributed by atoms with E-state index in [1.165, 1.54) is 19.3 Å². The van der Waals surface area contributed by atoms with E-state index in [-0.39, 0.29) is 0 Å². The van der Waals surface area contributed by atoms with Gasteiger partial charge in [0.1, 0.15) is 11.2 Å². The Morgan fingerprint density at radius 1 is 0.970 bits per heavy atom. The Kier molecular flexibility index (Phi) is 4.67. The number of piperidine rings is 1. The number of pyridine rings is 3. The fourth-order valence-corrected chi connectivity index (χ4v) is 4.44. The summed E-state index contributed by atoms with van der Waals surface area (Å²) in [4.78, 5) is 26.4. The minimum absolute atomic E-state index is 0.710. The first-order chi connectivity index (χ1) is 16.2. The first kappa shape index (κ1) is 19.7. The number of hydrogen-bond acceptors (Lipinski definition) is 7. The quantitative estimate of drug-likeness (QED) is 0.436. The number of H-pyrrole nitrogens is 2. The Balaban J connectivity index is 1.44. The summed E-state index contributed by atoms with van der Waals surface area (Å²) in [5.41, 5.74) is 6.34. The van der Waals surface area contributed by atoms with Gasteiger partial charge in [0.15, 0.2) is 17.3 Å². The average Bonchev–Trinajstić information content (AvgIpc) is 3.48. The zero-order valence-electron chi connectivity index (χ0n) is 18.7. The summed E-state index contributed by atoms with van der Waals surface area (Å²) in [5.74, 6) is 1.65. The molecule has 9 heteroatoms. The molecule has 9 nitrogen and oxygen atoms in total. The third-order valence-corrected chi connectivity index (χ3v) is 6.25. The zero-order valence-corrected chi connectivity index (χ0v) is 18.7. The molecule has 0 aliphatic carbocycles. The SMILES string of the molecule is CN(C)c1cncc(-c2cnc3[nH]nc(-c4nc5c(N6CCCCC6)nccc5[nH]4)c3c2)c1. The molecular formula is C24H25N9. The van der Waals surface area contributed by atoms with Crippen LogP contribution in [0.5, 0.6) is 0 Å². The first-order valence-electron chi connectivity index (χ1n) is 11.2. The van der Waals surface area contributed by atoms with Crippen LogP contribution < -0.4 is 9.80 Å². The molecule has 0 bridgehead atoms. The van der Waals surface area contributed by atoms with Crippen LogP contribution in [0, 0.1) is 0 Å². The number of rotatable bonds is 4. The van der Waals surface area contributed by atoms with Gasteiger partial charge in [-0.25, -0.2) is 15.0 Å². The lowest BCUT2D eigenvalue weighted by Crippen LogP contribution is -2.30. The van der Waals surface area contributed by atoms with Crippen molar-refractivity contribution >= 4 is 33.6 Å². The Bertz CT molecular complexity index is 1440. The van der Waals surface area contributed by atoms with Crippen molar-refractivity contribution in [3.63, 3.8) is 0 Å². The highest BCUT2D eigenvalue weighted by atomic mass is 15.2. The average molecular weight is 440 g/mol. The molecule has 0 radical (unpaired) electrons. The van der Waals surface area contributed by atoms with E-state index in [1.54, 1.807) is 0 Å². The van der Waals surface area contributed by atoms with Crippen molar-refractivity contribution in [3.8, 4) is 22.6 Å². The third kappa shape index (κ3) is 3.45. The van der Waals surface area contributed by atoms with Crippen molar-refractivity contribution in [1.29, 1.82) is 0 Å². The Labute approximate surface area is 190 Å². The molecule has 166 valence electrons. The molecule has 1 saturated heterocycles. The van der Waals surface area contributed by atoms with E-state index in [1.807, 2.05) is 49.8 Å². The summed E-state index contributed by atoms with van der Waals surface area (Å²) in [5, 5.41) is 8.50. The van der Waals surface area contributed by atoms with Crippen LogP contribution in [0.4, 0.5) is 11.5 Å². The standard InChI is InChI=1S/C24H25N9/c1-32(2)17-10-15(12-25-14-17)16-11-18-20(30-31-22(18)27-13-16)23-28-19-6-7-26-24(21(19)29-23)33-8-4-3-5-9-33/h6-7,10-14H,3-5,8-9H2,1-2H3,(H,28,29)(H,27,30,31). The molecule has 0 amide bonds. The van der Waals surface area contributed by atoms with Gasteiger partial charge in [0, 0.05) is 56.9 Å². The Hall–Kier alpha value is -4.01. The number of nitrogens with one attached hydrogen (secondary N) is 2. The summed E-state index contributed by atoms with van der Waals surface area (Å²) in [6, 6.07) is 6.16. The molecule has 6 rings (SSSR count). The molecule has 5 aromatic rings. The van der Waals surface area contributed by atoms with Crippen LogP contribution in [0.25, 0.3) is 44.7 Å². The van der Waals surface area contributed by atoms with Gasteiger partial charge in [0.05, 0.1) is 22.8 Å². The second-order valence-corrected chi connectivity index (χ2v) is 8.68. The van der Waals surface area contributed by atoms with Gasteiger partial charge in [0.2, 0.25) is 0 Å². The summed E-state index contributed by atoms with van der Waals surface area (Å²) in [6.45, 7) is 2.04. The van der Waals surface area contributed by atoms with Gasteiger partial charge in [-0.2, -0.15) is 5.10 Å². The van der Waals surface area contributed by atoms with E-state index in [0.29, 0.717) is 5.82 Å². The monoisotopic (exact) mass is 439 g/mol. The van der Waals surface area contributed by atoms with Crippen LogP contribution >= 0.6 is 0 Å². The fraction of sp³-hybridized carbons (Fsp3) is 0.292. The molecule has 0 atom stereocenters. The van der Waals surface area contributed by atoms with E-state index in [9.17, 15) is 0 Å². The molecule has 5 aromatic heterocycles. The number of fused-ring (bicyclic) bond motifs is 2. The highest BCUT2D eigenvalue weighted by molar-refractivity contribution is 5.95. The maximum atomic E-state index is 4.93. The van der Waals surface area contributed by atoms with Crippen LogP contribution in [0.3, 0.4) is 0 Å². The van der Waals surface area contributed by atoms with E-state index >= 15 is 0 Å². The summed E-state index contributed by atoms with van der Waals surface area (Å²) >= 11 is 0. The zero-order chi connectivity index (χ0) is 22.4. The highest BCUT2D eigenvalue weighted by Gasteiger charge is 2.20. The van der Waals surface area contributed by atoms with Crippen LogP contribution in [0.15, 0.2) is 43.0 Å². The topological polar surface area (TPSA) is 103 Å². The lowest BCUT2D eigenvalue weighted by atomic mass is 10.1. The van der Waals surface area contributed by atoms with Crippen LogP contribution in [0.2, 0.25) is 0 Å². The van der Waals surface area contributed by atoms with Crippen molar-refractivity contribution in [2.75, 3.05) is 37.0 Å². The maximum absolute atomic E-state index is 4.93. The molecular weight excluding hydrogens is 414 g/mol. The van der Waals surface area contributed by atoms with Gasteiger partial charge in [-0.1, -0.05) is 0 Å². The van der Waals surface area contributed by atoms with E-state index < -0.39 is 0 Å². The molecule has 0 aromatic carbocycles. The molecule has 0 saturated carbocycles. The van der Waals surface area contributed by atoms with Crippen LogP contribution in [-0.4, -0.2) is 62.3 Å². The molecule has 1 aliphatic heterocycles. The largest absolute Gasteiger partial charge is 0.376 e. The van der Waals surface area contributed by atoms with Crippen molar-refractivity contribution in [2.45, 2.75) is 19.3 Å². The van der Waals surface area contributed by atoms with Crippen molar-refractivity contribution in [1.82, 2.24) is 35.1 Å². The predicted molar refractivity (Wildman–Crippen MR) is 130 cm³/mol. The molecule has 33 heavy (non-hydrogen) atoms. The second-order valence-electron chi connectivity index (χ2n) is 8.68. The second kappa shape index (κ2) is 7.84. The molecule has 0 unspecified atom stereocenters. The summed E-state index contributed by atoms with van der Waals surface area (Å²) in [7, 11) is 4.01. The minimum Gasteiger partial charge on any atom is -0.376 e. The Morgan fingerprint density at radius 2 is 1.82 bits per heavy atom. The van der Waals surface area contributed by atoms with Crippen LogP contribution in [0.1, 0.15) is 19.3 Å². The first-order valence-corrected chi connectivity index (χ1v) is 11.2. The van der Waals surface area contributed by atoms with Crippen molar-refractivity contribution < 1.29 is 0 Å². The summed E-state index contributed by atoms with van der Waals surface area (Å²) < 4.78 is 0. The lowest BCUT2D eigenvalue weighted by Gasteiger charge is -2.27.